The van der Waals surface area contributed by atoms with E-state index >= 15 is 0 Å². The zero-order chi connectivity index (χ0) is 16.3. The van der Waals surface area contributed by atoms with Crippen molar-refractivity contribution >= 4 is 11.7 Å². The van der Waals surface area contributed by atoms with Gasteiger partial charge in [0.15, 0.2) is 0 Å². The fraction of sp³-hybridized carbons (Fsp3) is 0.533. The Balaban J connectivity index is 2.60. The summed E-state index contributed by atoms with van der Waals surface area (Å²) in [4.78, 5) is 11.9. The minimum absolute atomic E-state index is 0.00736. The van der Waals surface area contributed by atoms with E-state index in [-0.39, 0.29) is 16.8 Å². The molecule has 0 aromatic heterocycles. The number of halogens is 3. The number of ether oxygens (including phenoxy) is 2. The van der Waals surface area contributed by atoms with E-state index < -0.39 is 23.8 Å². The fourth-order valence-electron chi connectivity index (χ4n) is 2.57. The number of methoxy groups -OCH3 is 1. The standard InChI is InChI=1S/C15H18F3NO3/c1-3-19-12-8-11(15(16,17)18)9(13-5-4-6-22-13)7-10(12)14(20)21-2/h7-8,13,19H,3-6H2,1-2H3. The third-order valence-electron chi connectivity index (χ3n) is 3.54. The van der Waals surface area contributed by atoms with Gasteiger partial charge >= 0.3 is 12.1 Å². The molecule has 1 saturated heterocycles. The summed E-state index contributed by atoms with van der Waals surface area (Å²) in [6, 6.07) is 2.20. The third-order valence-corrected chi connectivity index (χ3v) is 3.54. The third kappa shape index (κ3) is 3.35. The molecule has 1 aliphatic heterocycles. The Bertz CT molecular complexity index is 552. The highest BCUT2D eigenvalue weighted by Gasteiger charge is 2.38. The minimum Gasteiger partial charge on any atom is -0.465 e. The lowest BCUT2D eigenvalue weighted by Gasteiger charge is -2.21. The smallest absolute Gasteiger partial charge is 0.416 e. The number of carbonyl (C=O) groups is 1. The van der Waals surface area contributed by atoms with E-state index in [0.29, 0.717) is 26.0 Å². The Kier molecular flexibility index (Phi) is 4.95. The number of nitrogens with one attached hydrogen (secondary N) is 1. The van der Waals surface area contributed by atoms with Gasteiger partial charge in [-0.15, -0.1) is 0 Å². The van der Waals surface area contributed by atoms with Crippen molar-refractivity contribution in [2.75, 3.05) is 25.6 Å². The van der Waals surface area contributed by atoms with Gasteiger partial charge in [-0.3, -0.25) is 0 Å². The lowest BCUT2D eigenvalue weighted by molar-refractivity contribution is -0.139. The Morgan fingerprint density at radius 1 is 1.45 bits per heavy atom. The van der Waals surface area contributed by atoms with Crippen LogP contribution >= 0.6 is 0 Å². The van der Waals surface area contributed by atoms with E-state index in [9.17, 15) is 18.0 Å². The number of hydrogen-bond donors (Lipinski definition) is 1. The summed E-state index contributed by atoms with van der Waals surface area (Å²) >= 11 is 0. The predicted octanol–water partition coefficient (Wildman–Crippen LogP) is 3.78. The van der Waals surface area contributed by atoms with Gasteiger partial charge in [0.05, 0.1) is 24.3 Å². The normalized spacial score (nSPS) is 18.3. The topological polar surface area (TPSA) is 47.6 Å². The highest BCUT2D eigenvalue weighted by Crippen LogP contribution is 2.41. The largest absolute Gasteiger partial charge is 0.465 e. The van der Waals surface area contributed by atoms with Crippen LogP contribution in [0.1, 0.15) is 47.4 Å². The maximum absolute atomic E-state index is 13.3. The quantitative estimate of drug-likeness (QED) is 0.859. The van der Waals surface area contributed by atoms with Gasteiger partial charge in [-0.2, -0.15) is 13.2 Å². The van der Waals surface area contributed by atoms with Crippen molar-refractivity contribution in [1.29, 1.82) is 0 Å². The van der Waals surface area contributed by atoms with Crippen LogP contribution in [-0.2, 0) is 15.7 Å². The second-order valence-corrected chi connectivity index (χ2v) is 5.01. The summed E-state index contributed by atoms with van der Waals surface area (Å²) in [5.41, 5.74) is -0.582. The molecule has 7 heteroatoms. The van der Waals surface area contributed by atoms with Crippen molar-refractivity contribution in [2.45, 2.75) is 32.0 Å². The van der Waals surface area contributed by atoms with Crippen LogP contribution in [0.4, 0.5) is 18.9 Å². The lowest BCUT2D eigenvalue weighted by atomic mass is 9.95. The molecule has 1 heterocycles. The molecular weight excluding hydrogens is 299 g/mol. The molecule has 0 bridgehead atoms. The van der Waals surface area contributed by atoms with E-state index in [2.05, 4.69) is 10.1 Å². The number of anilines is 1. The summed E-state index contributed by atoms with van der Waals surface area (Å²) < 4.78 is 50.0. The van der Waals surface area contributed by atoms with E-state index in [0.717, 1.165) is 6.07 Å². The van der Waals surface area contributed by atoms with E-state index in [4.69, 9.17) is 4.74 Å². The van der Waals surface area contributed by atoms with E-state index in [1.165, 1.54) is 13.2 Å². The molecule has 0 saturated carbocycles. The number of rotatable bonds is 4. The van der Waals surface area contributed by atoms with Crippen molar-refractivity contribution < 1.29 is 27.4 Å². The minimum atomic E-state index is -4.51. The van der Waals surface area contributed by atoms with Crippen LogP contribution in [0.3, 0.4) is 0 Å². The lowest BCUT2D eigenvalue weighted by Crippen LogP contribution is -2.16. The average Bonchev–Trinajstić information content (AvgIpc) is 2.99. The highest BCUT2D eigenvalue weighted by molar-refractivity contribution is 5.96. The van der Waals surface area contributed by atoms with Crippen LogP contribution in [0.25, 0.3) is 0 Å². The predicted molar refractivity (Wildman–Crippen MR) is 74.9 cm³/mol. The SMILES string of the molecule is CCNc1cc(C(F)(F)F)c(C2CCCO2)cc1C(=O)OC. The number of benzene rings is 1. The molecule has 1 aromatic rings. The number of carbonyl (C=O) groups excluding carboxylic acids is 1. The van der Waals surface area contributed by atoms with Gasteiger partial charge in [0.1, 0.15) is 0 Å². The molecule has 122 valence electrons. The Labute approximate surface area is 126 Å². The monoisotopic (exact) mass is 317 g/mol. The molecule has 0 aliphatic carbocycles. The van der Waals surface area contributed by atoms with Gasteiger partial charge < -0.3 is 14.8 Å². The van der Waals surface area contributed by atoms with Crippen LogP contribution in [0, 0.1) is 0 Å². The van der Waals surface area contributed by atoms with Crippen LogP contribution < -0.4 is 5.32 Å². The zero-order valence-corrected chi connectivity index (χ0v) is 12.4. The average molecular weight is 317 g/mol. The summed E-state index contributed by atoms with van der Waals surface area (Å²) in [6.07, 6.45) is -3.95. The highest BCUT2D eigenvalue weighted by atomic mass is 19.4. The molecule has 0 radical (unpaired) electrons. The molecule has 1 aromatic carbocycles. The molecule has 4 nitrogen and oxygen atoms in total. The van der Waals surface area contributed by atoms with Gasteiger partial charge in [-0.1, -0.05) is 0 Å². The molecule has 1 atom stereocenters. The number of esters is 1. The van der Waals surface area contributed by atoms with Crippen LogP contribution in [-0.4, -0.2) is 26.2 Å². The summed E-state index contributed by atoms with van der Waals surface area (Å²) in [5, 5.41) is 2.78. The summed E-state index contributed by atoms with van der Waals surface area (Å²) in [5.74, 6) is -0.677. The summed E-state index contributed by atoms with van der Waals surface area (Å²) in [6.45, 7) is 2.55. The molecule has 1 fully saturated rings. The van der Waals surface area contributed by atoms with Gasteiger partial charge in [0, 0.05) is 18.8 Å². The van der Waals surface area contributed by atoms with Crippen LogP contribution in [0.5, 0.6) is 0 Å². The molecule has 0 amide bonds. The zero-order valence-electron chi connectivity index (χ0n) is 12.4. The number of alkyl halides is 3. The van der Waals surface area contributed by atoms with Crippen LogP contribution in [0.15, 0.2) is 12.1 Å². The molecule has 0 spiro atoms. The van der Waals surface area contributed by atoms with Crippen molar-refractivity contribution in [1.82, 2.24) is 0 Å². The van der Waals surface area contributed by atoms with E-state index in [1.807, 2.05) is 0 Å². The van der Waals surface area contributed by atoms with Gasteiger partial charge in [0.2, 0.25) is 0 Å². The second-order valence-electron chi connectivity index (χ2n) is 5.01. The van der Waals surface area contributed by atoms with Crippen molar-refractivity contribution in [3.05, 3.63) is 28.8 Å². The first-order valence-corrected chi connectivity index (χ1v) is 7.07. The Morgan fingerprint density at radius 3 is 2.68 bits per heavy atom. The summed E-state index contributed by atoms with van der Waals surface area (Å²) in [7, 11) is 1.20. The van der Waals surface area contributed by atoms with Crippen LogP contribution in [0.2, 0.25) is 0 Å². The van der Waals surface area contributed by atoms with Crippen molar-refractivity contribution in [3.8, 4) is 0 Å². The van der Waals surface area contributed by atoms with Crippen molar-refractivity contribution in [2.24, 2.45) is 0 Å². The molecular formula is C15H18F3NO3. The fourth-order valence-corrected chi connectivity index (χ4v) is 2.57. The maximum atomic E-state index is 13.3. The first-order valence-electron chi connectivity index (χ1n) is 7.07. The van der Waals surface area contributed by atoms with Gasteiger partial charge in [-0.25, -0.2) is 4.79 Å². The first kappa shape index (κ1) is 16.6. The number of hydrogen-bond acceptors (Lipinski definition) is 4. The van der Waals surface area contributed by atoms with Crippen molar-refractivity contribution in [3.63, 3.8) is 0 Å². The Hall–Kier alpha value is -1.76. The maximum Gasteiger partial charge on any atom is 0.416 e. The first-order chi connectivity index (χ1) is 10.4. The Morgan fingerprint density at radius 2 is 2.18 bits per heavy atom. The van der Waals surface area contributed by atoms with E-state index in [1.54, 1.807) is 6.92 Å². The van der Waals surface area contributed by atoms with Gasteiger partial charge in [0.25, 0.3) is 0 Å². The second kappa shape index (κ2) is 6.56. The molecule has 2 rings (SSSR count). The molecule has 1 unspecified atom stereocenters. The van der Waals surface area contributed by atoms with Gasteiger partial charge in [-0.05, 0) is 37.5 Å². The molecule has 22 heavy (non-hydrogen) atoms. The molecule has 1 aliphatic rings. The molecule has 1 N–H and O–H groups in total.